The van der Waals surface area contributed by atoms with Crippen molar-refractivity contribution in [2.45, 2.75) is 0 Å². The van der Waals surface area contributed by atoms with Gasteiger partial charge in [-0.05, 0) is 46.3 Å². The molecule has 0 bridgehead atoms. The Hall–Kier alpha value is -1.72. The Morgan fingerprint density at radius 3 is 2.84 bits per heavy atom. The van der Waals surface area contributed by atoms with Crippen molar-refractivity contribution in [1.29, 1.82) is 0 Å². The molecule has 0 aliphatic heterocycles. The van der Waals surface area contributed by atoms with Crippen LogP contribution in [0, 0.1) is 0 Å². The van der Waals surface area contributed by atoms with Crippen LogP contribution in [-0.2, 0) is 0 Å². The van der Waals surface area contributed by atoms with E-state index in [0.29, 0.717) is 27.8 Å². The summed E-state index contributed by atoms with van der Waals surface area (Å²) in [6.07, 6.45) is 0. The van der Waals surface area contributed by atoms with Crippen LogP contribution in [0.25, 0.3) is 11.1 Å². The summed E-state index contributed by atoms with van der Waals surface area (Å²) in [5.74, 6) is 0. The van der Waals surface area contributed by atoms with E-state index in [1.807, 2.05) is 24.3 Å². The molecule has 96 valence electrons. The van der Waals surface area contributed by atoms with Gasteiger partial charge in [-0.3, -0.25) is 0 Å². The number of halogens is 2. The average Bonchev–Trinajstić information content (AvgIpc) is 2.78. The fraction of sp³-hybridized carbons (Fsp3) is 0. The smallest absolute Gasteiger partial charge is 0.300 e. The zero-order chi connectivity index (χ0) is 13.4. The summed E-state index contributed by atoms with van der Waals surface area (Å²) in [6.45, 7) is 0. The van der Waals surface area contributed by atoms with Crippen LogP contribution in [0.1, 0.15) is 0 Å². The lowest BCUT2D eigenvalue weighted by Gasteiger charge is -2.02. The Kier molecular flexibility index (Phi) is 3.08. The molecule has 3 aromatic rings. The number of nitrogen functional groups attached to an aromatic ring is 1. The predicted octanol–water partition coefficient (Wildman–Crippen LogP) is 4.57. The molecule has 0 saturated carbocycles. The second-order valence-corrected chi connectivity index (χ2v) is 5.23. The van der Waals surface area contributed by atoms with Gasteiger partial charge in [0.05, 0.1) is 10.7 Å². The zero-order valence-electron chi connectivity index (χ0n) is 9.65. The van der Waals surface area contributed by atoms with E-state index in [2.05, 4.69) is 26.2 Å². The minimum absolute atomic E-state index is 0.381. The maximum absolute atomic E-state index is 6.03. The molecule has 0 saturated heterocycles. The molecule has 2 aromatic carbocycles. The number of aromatic nitrogens is 1. The maximum atomic E-state index is 6.03. The lowest BCUT2D eigenvalue weighted by Crippen LogP contribution is -1.90. The van der Waals surface area contributed by atoms with Crippen molar-refractivity contribution in [1.82, 2.24) is 4.98 Å². The molecule has 1 heterocycles. The van der Waals surface area contributed by atoms with Crippen LogP contribution in [0.4, 0.5) is 17.4 Å². The normalized spacial score (nSPS) is 10.8. The highest BCUT2D eigenvalue weighted by Gasteiger charge is 2.08. The third-order valence-electron chi connectivity index (χ3n) is 2.62. The number of oxazole rings is 1. The Bertz CT molecular complexity index is 757. The van der Waals surface area contributed by atoms with Crippen LogP contribution in [0.5, 0.6) is 0 Å². The average molecular weight is 339 g/mol. The van der Waals surface area contributed by atoms with Gasteiger partial charge in [-0.1, -0.05) is 17.7 Å². The van der Waals surface area contributed by atoms with Crippen molar-refractivity contribution < 1.29 is 4.42 Å². The maximum Gasteiger partial charge on any atom is 0.300 e. The molecule has 0 unspecified atom stereocenters. The standard InChI is InChI=1S/C13H9BrClN3O/c14-8-5-4-7(6-9(8)15)17-13-18-12-10(16)2-1-3-11(12)19-13/h1-6H,16H2,(H,17,18). The van der Waals surface area contributed by atoms with Crippen LogP contribution >= 0.6 is 27.5 Å². The summed E-state index contributed by atoms with van der Waals surface area (Å²) in [6, 6.07) is 11.3. The molecule has 0 aliphatic carbocycles. The van der Waals surface area contributed by atoms with E-state index in [0.717, 1.165) is 10.2 Å². The van der Waals surface area contributed by atoms with Gasteiger partial charge in [0.25, 0.3) is 6.01 Å². The number of hydrogen-bond donors (Lipinski definition) is 2. The van der Waals surface area contributed by atoms with E-state index >= 15 is 0 Å². The minimum atomic E-state index is 0.381. The fourth-order valence-electron chi connectivity index (χ4n) is 1.72. The van der Waals surface area contributed by atoms with Crippen molar-refractivity contribution in [3.05, 3.63) is 45.9 Å². The number of nitrogens with two attached hydrogens (primary N) is 1. The lowest BCUT2D eigenvalue weighted by molar-refractivity contribution is 0.623. The van der Waals surface area contributed by atoms with E-state index in [9.17, 15) is 0 Å². The Morgan fingerprint density at radius 2 is 2.11 bits per heavy atom. The highest BCUT2D eigenvalue weighted by molar-refractivity contribution is 9.10. The highest BCUT2D eigenvalue weighted by Crippen LogP contribution is 2.29. The Labute approximate surface area is 122 Å². The zero-order valence-corrected chi connectivity index (χ0v) is 12.0. The summed E-state index contributed by atoms with van der Waals surface area (Å²) < 4.78 is 6.40. The van der Waals surface area contributed by atoms with Crippen molar-refractivity contribution >= 4 is 56.0 Å². The molecule has 6 heteroatoms. The number of nitrogens with zero attached hydrogens (tertiary/aromatic N) is 1. The monoisotopic (exact) mass is 337 g/mol. The summed E-state index contributed by atoms with van der Waals surface area (Å²) in [4.78, 5) is 4.30. The third kappa shape index (κ3) is 2.39. The van der Waals surface area contributed by atoms with Gasteiger partial charge in [-0.2, -0.15) is 4.98 Å². The number of hydrogen-bond acceptors (Lipinski definition) is 4. The molecule has 0 fully saturated rings. The molecule has 19 heavy (non-hydrogen) atoms. The number of rotatable bonds is 2. The van der Waals surface area contributed by atoms with E-state index in [1.54, 1.807) is 12.1 Å². The number of fused-ring (bicyclic) bond motifs is 1. The van der Waals surface area contributed by atoms with Gasteiger partial charge in [0.2, 0.25) is 0 Å². The molecular formula is C13H9BrClN3O. The third-order valence-corrected chi connectivity index (χ3v) is 3.85. The van der Waals surface area contributed by atoms with Crippen molar-refractivity contribution in [3.63, 3.8) is 0 Å². The Morgan fingerprint density at radius 1 is 1.26 bits per heavy atom. The molecule has 0 aliphatic rings. The fourth-order valence-corrected chi connectivity index (χ4v) is 2.15. The first-order chi connectivity index (χ1) is 9.13. The van der Waals surface area contributed by atoms with Gasteiger partial charge in [0.1, 0.15) is 5.52 Å². The first-order valence-electron chi connectivity index (χ1n) is 5.50. The second-order valence-electron chi connectivity index (χ2n) is 3.97. The predicted molar refractivity (Wildman–Crippen MR) is 80.9 cm³/mol. The van der Waals surface area contributed by atoms with Gasteiger partial charge in [-0.25, -0.2) is 0 Å². The molecule has 0 amide bonds. The van der Waals surface area contributed by atoms with Gasteiger partial charge < -0.3 is 15.5 Å². The molecule has 0 radical (unpaired) electrons. The van der Waals surface area contributed by atoms with E-state index in [-0.39, 0.29) is 0 Å². The molecule has 1 aromatic heterocycles. The van der Waals surface area contributed by atoms with E-state index in [1.165, 1.54) is 0 Å². The van der Waals surface area contributed by atoms with Gasteiger partial charge in [-0.15, -0.1) is 0 Å². The number of nitrogens with one attached hydrogen (secondary N) is 1. The lowest BCUT2D eigenvalue weighted by atomic mass is 10.3. The van der Waals surface area contributed by atoms with Crippen molar-refractivity contribution in [3.8, 4) is 0 Å². The van der Waals surface area contributed by atoms with Gasteiger partial charge in [0.15, 0.2) is 5.58 Å². The Balaban J connectivity index is 1.96. The molecular weight excluding hydrogens is 330 g/mol. The van der Waals surface area contributed by atoms with E-state index in [4.69, 9.17) is 21.8 Å². The van der Waals surface area contributed by atoms with Crippen molar-refractivity contribution in [2.75, 3.05) is 11.1 Å². The largest absolute Gasteiger partial charge is 0.423 e. The minimum Gasteiger partial charge on any atom is -0.423 e. The topological polar surface area (TPSA) is 64.1 Å². The molecule has 3 N–H and O–H groups in total. The molecule has 0 spiro atoms. The molecule has 3 rings (SSSR count). The first-order valence-corrected chi connectivity index (χ1v) is 6.68. The second kappa shape index (κ2) is 4.75. The SMILES string of the molecule is Nc1cccc2oc(Nc3ccc(Br)c(Cl)c3)nc12. The quantitative estimate of drug-likeness (QED) is 0.672. The summed E-state index contributed by atoms with van der Waals surface area (Å²) in [7, 11) is 0. The highest BCUT2D eigenvalue weighted by atomic mass is 79.9. The number of benzene rings is 2. The summed E-state index contributed by atoms with van der Waals surface area (Å²) in [5.41, 5.74) is 8.50. The number of para-hydroxylation sites is 1. The molecule has 0 atom stereocenters. The van der Waals surface area contributed by atoms with Crippen molar-refractivity contribution in [2.24, 2.45) is 0 Å². The first kappa shape index (κ1) is 12.3. The number of anilines is 3. The van der Waals surface area contributed by atoms with Crippen LogP contribution in [-0.4, -0.2) is 4.98 Å². The van der Waals surface area contributed by atoms with Crippen LogP contribution in [0.3, 0.4) is 0 Å². The van der Waals surface area contributed by atoms with Crippen LogP contribution in [0.2, 0.25) is 5.02 Å². The molecule has 4 nitrogen and oxygen atoms in total. The summed E-state index contributed by atoms with van der Waals surface area (Å²) >= 11 is 9.36. The van der Waals surface area contributed by atoms with Gasteiger partial charge >= 0.3 is 0 Å². The summed E-state index contributed by atoms with van der Waals surface area (Å²) in [5, 5.41) is 3.66. The van der Waals surface area contributed by atoms with Crippen LogP contribution in [0.15, 0.2) is 45.3 Å². The van der Waals surface area contributed by atoms with Crippen LogP contribution < -0.4 is 11.1 Å². The van der Waals surface area contributed by atoms with Gasteiger partial charge in [0, 0.05) is 10.2 Å². The van der Waals surface area contributed by atoms with E-state index < -0.39 is 0 Å².